The molecule has 2 aromatic rings. The number of thiazole rings is 1. The first-order valence-corrected chi connectivity index (χ1v) is 10.2. The first-order valence-electron chi connectivity index (χ1n) is 9.33. The molecule has 2 heterocycles. The van der Waals surface area contributed by atoms with Crippen LogP contribution in [0.5, 0.6) is 0 Å². The molecule has 0 spiro atoms. The fraction of sp³-hybridized carbons (Fsp3) is 0.450. The predicted molar refractivity (Wildman–Crippen MR) is 107 cm³/mol. The van der Waals surface area contributed by atoms with E-state index in [1.165, 1.54) is 16.2 Å². The van der Waals surface area contributed by atoms with Crippen molar-refractivity contribution in [1.82, 2.24) is 9.88 Å². The molecule has 1 fully saturated rings. The normalized spacial score (nSPS) is 16.1. The van der Waals surface area contributed by atoms with Gasteiger partial charge in [-0.25, -0.2) is 4.98 Å². The summed E-state index contributed by atoms with van der Waals surface area (Å²) in [4.78, 5) is 30.8. The Bertz CT molecular complexity index is 775. The number of rotatable bonds is 9. The lowest BCUT2D eigenvalue weighted by atomic mass is 10.2. The van der Waals surface area contributed by atoms with Crippen molar-refractivity contribution in [3.8, 4) is 0 Å². The number of aromatic nitrogens is 1. The van der Waals surface area contributed by atoms with E-state index in [9.17, 15) is 9.59 Å². The number of hydrogen-bond donors (Lipinski definition) is 1. The number of ether oxygens (including phenoxy) is 2. The van der Waals surface area contributed by atoms with Gasteiger partial charge in [0.15, 0.2) is 5.13 Å². The summed E-state index contributed by atoms with van der Waals surface area (Å²) >= 11 is 1.36. The van der Waals surface area contributed by atoms with Crippen molar-refractivity contribution in [2.75, 3.05) is 31.6 Å². The van der Waals surface area contributed by atoms with E-state index >= 15 is 0 Å². The molecule has 1 N–H and O–H groups in total. The molecular weight excluding hydrogens is 378 g/mol. The van der Waals surface area contributed by atoms with Crippen LogP contribution >= 0.6 is 11.3 Å². The van der Waals surface area contributed by atoms with Gasteiger partial charge in [0.25, 0.3) is 0 Å². The van der Waals surface area contributed by atoms with Gasteiger partial charge in [0, 0.05) is 18.5 Å². The minimum atomic E-state index is -0.274. The highest BCUT2D eigenvalue weighted by atomic mass is 32.1. The molecule has 1 saturated heterocycles. The second kappa shape index (κ2) is 10.3. The van der Waals surface area contributed by atoms with Crippen LogP contribution in [0.2, 0.25) is 0 Å². The largest absolute Gasteiger partial charge is 0.376 e. The molecule has 8 heteroatoms. The number of benzene rings is 1. The molecule has 1 aliphatic heterocycles. The third-order valence-corrected chi connectivity index (χ3v) is 5.21. The van der Waals surface area contributed by atoms with Crippen LogP contribution in [0.3, 0.4) is 0 Å². The number of nitrogens with zero attached hydrogens (tertiary/aromatic N) is 2. The van der Waals surface area contributed by atoms with Crippen molar-refractivity contribution in [3.63, 3.8) is 0 Å². The molecule has 0 saturated carbocycles. The van der Waals surface area contributed by atoms with Gasteiger partial charge in [-0.1, -0.05) is 30.3 Å². The molecule has 28 heavy (non-hydrogen) atoms. The van der Waals surface area contributed by atoms with Crippen molar-refractivity contribution in [2.45, 2.75) is 32.5 Å². The average molecular weight is 404 g/mol. The van der Waals surface area contributed by atoms with Gasteiger partial charge in [-0.2, -0.15) is 0 Å². The van der Waals surface area contributed by atoms with Gasteiger partial charge in [0.05, 0.1) is 18.4 Å². The van der Waals surface area contributed by atoms with E-state index in [2.05, 4.69) is 10.3 Å². The maximum absolute atomic E-state index is 12.7. The summed E-state index contributed by atoms with van der Waals surface area (Å²) in [5, 5.41) is 5.15. The summed E-state index contributed by atoms with van der Waals surface area (Å²) in [6.07, 6.45) is 1.83. The highest BCUT2D eigenvalue weighted by Crippen LogP contribution is 2.16. The maximum Gasteiger partial charge on any atom is 0.249 e. The Morgan fingerprint density at radius 3 is 2.86 bits per heavy atom. The number of anilines is 1. The molecule has 0 bridgehead atoms. The van der Waals surface area contributed by atoms with Crippen molar-refractivity contribution in [2.24, 2.45) is 0 Å². The lowest BCUT2D eigenvalue weighted by Gasteiger charge is -2.24. The van der Waals surface area contributed by atoms with Gasteiger partial charge in [0.1, 0.15) is 13.2 Å². The number of carbonyl (C=O) groups is 2. The van der Waals surface area contributed by atoms with Gasteiger partial charge < -0.3 is 19.7 Å². The Labute approximate surface area is 168 Å². The summed E-state index contributed by atoms with van der Waals surface area (Å²) in [7, 11) is 0. The number of hydrogen-bond acceptors (Lipinski definition) is 6. The topological polar surface area (TPSA) is 80.8 Å². The van der Waals surface area contributed by atoms with Crippen molar-refractivity contribution >= 4 is 28.3 Å². The lowest BCUT2D eigenvalue weighted by molar-refractivity contribution is -0.140. The van der Waals surface area contributed by atoms with E-state index in [1.807, 2.05) is 42.6 Å². The van der Waals surface area contributed by atoms with E-state index in [4.69, 9.17) is 9.47 Å². The molecule has 1 atom stereocenters. The van der Waals surface area contributed by atoms with Gasteiger partial charge in [-0.05, 0) is 25.3 Å². The fourth-order valence-electron chi connectivity index (χ4n) is 2.95. The number of nitrogens with one attached hydrogen (secondary N) is 1. The average Bonchev–Trinajstić information content (AvgIpc) is 3.33. The zero-order chi connectivity index (χ0) is 19.8. The third kappa shape index (κ3) is 6.40. The van der Waals surface area contributed by atoms with Crippen LogP contribution in [0, 0.1) is 6.92 Å². The molecule has 0 aliphatic carbocycles. The first-order chi connectivity index (χ1) is 13.6. The summed E-state index contributed by atoms with van der Waals surface area (Å²) in [5.41, 5.74) is 1.85. The Morgan fingerprint density at radius 1 is 1.36 bits per heavy atom. The number of amides is 2. The van der Waals surface area contributed by atoms with Gasteiger partial charge >= 0.3 is 0 Å². The fourth-order valence-corrected chi connectivity index (χ4v) is 3.66. The number of aryl methyl sites for hydroxylation is 1. The maximum atomic E-state index is 12.7. The van der Waals surface area contributed by atoms with Crippen LogP contribution in [0.4, 0.5) is 5.13 Å². The second-order valence-corrected chi connectivity index (χ2v) is 7.59. The standard InChI is InChI=1S/C20H25N3O4S/c1-15-14-28-20(21-15)22-18(24)11-23(10-17-8-5-9-27-17)19(25)13-26-12-16-6-3-2-4-7-16/h2-4,6-7,14,17H,5,8-13H2,1H3,(H,21,22,24). The van der Waals surface area contributed by atoms with E-state index in [1.54, 1.807) is 0 Å². The SMILES string of the molecule is Cc1csc(NC(=O)CN(CC2CCCO2)C(=O)COCc2ccccc2)n1. The second-order valence-electron chi connectivity index (χ2n) is 6.73. The first kappa shape index (κ1) is 20.4. The monoisotopic (exact) mass is 403 g/mol. The quantitative estimate of drug-likeness (QED) is 0.696. The summed E-state index contributed by atoms with van der Waals surface area (Å²) in [5.74, 6) is -0.499. The molecule has 0 radical (unpaired) electrons. The zero-order valence-electron chi connectivity index (χ0n) is 15.9. The Kier molecular flexibility index (Phi) is 7.53. The van der Waals surface area contributed by atoms with Crippen LogP contribution in [0.1, 0.15) is 24.1 Å². The van der Waals surface area contributed by atoms with Crippen LogP contribution in [-0.4, -0.2) is 54.1 Å². The Balaban J connectivity index is 1.53. The van der Waals surface area contributed by atoms with Crippen LogP contribution in [0.25, 0.3) is 0 Å². The minimum absolute atomic E-state index is 0.0343. The predicted octanol–water partition coefficient (Wildman–Crippen LogP) is 2.61. The van der Waals surface area contributed by atoms with Gasteiger partial charge in [-0.15, -0.1) is 11.3 Å². The van der Waals surface area contributed by atoms with E-state index < -0.39 is 0 Å². The molecule has 1 unspecified atom stereocenters. The molecule has 1 aliphatic rings. The van der Waals surface area contributed by atoms with Crippen LogP contribution in [0.15, 0.2) is 35.7 Å². The third-order valence-electron chi connectivity index (χ3n) is 4.34. The summed E-state index contributed by atoms with van der Waals surface area (Å²) in [6, 6.07) is 9.67. The molecule has 3 rings (SSSR count). The highest BCUT2D eigenvalue weighted by molar-refractivity contribution is 7.13. The van der Waals surface area contributed by atoms with Gasteiger partial charge in [-0.3, -0.25) is 9.59 Å². The Hall–Kier alpha value is -2.29. The summed E-state index contributed by atoms with van der Waals surface area (Å²) in [6.45, 7) is 3.17. The van der Waals surface area contributed by atoms with Crippen molar-refractivity contribution < 1.29 is 19.1 Å². The van der Waals surface area contributed by atoms with Crippen LogP contribution in [-0.2, 0) is 25.7 Å². The smallest absolute Gasteiger partial charge is 0.249 e. The zero-order valence-corrected chi connectivity index (χ0v) is 16.7. The molecule has 150 valence electrons. The van der Waals surface area contributed by atoms with E-state index in [-0.39, 0.29) is 31.1 Å². The van der Waals surface area contributed by atoms with Crippen molar-refractivity contribution in [3.05, 3.63) is 47.0 Å². The van der Waals surface area contributed by atoms with E-state index in [0.29, 0.717) is 24.9 Å². The Morgan fingerprint density at radius 2 is 2.18 bits per heavy atom. The molecular formula is C20H25N3O4S. The molecule has 1 aromatic carbocycles. The van der Waals surface area contributed by atoms with Crippen molar-refractivity contribution in [1.29, 1.82) is 0 Å². The molecule has 2 amide bonds. The van der Waals surface area contributed by atoms with E-state index in [0.717, 1.165) is 24.1 Å². The number of carbonyl (C=O) groups excluding carboxylic acids is 2. The van der Waals surface area contributed by atoms with Gasteiger partial charge in [0.2, 0.25) is 11.8 Å². The minimum Gasteiger partial charge on any atom is -0.376 e. The lowest BCUT2D eigenvalue weighted by Crippen LogP contribution is -2.43. The molecule has 1 aromatic heterocycles. The highest BCUT2D eigenvalue weighted by Gasteiger charge is 2.24. The van der Waals surface area contributed by atoms with Crippen LogP contribution < -0.4 is 5.32 Å². The summed E-state index contributed by atoms with van der Waals surface area (Å²) < 4.78 is 11.2. The molecule has 7 nitrogen and oxygen atoms in total.